The topological polar surface area (TPSA) is 24.9 Å². The number of nitrogens with zero attached hydrogens (tertiary/aromatic N) is 1. The van der Waals surface area contributed by atoms with E-state index in [1.165, 1.54) is 29.3 Å². The van der Waals surface area contributed by atoms with Gasteiger partial charge < -0.3 is 5.32 Å². The van der Waals surface area contributed by atoms with E-state index in [1.54, 1.807) is 0 Å². The molecule has 2 aromatic rings. The Morgan fingerprint density at radius 1 is 1.21 bits per heavy atom. The highest BCUT2D eigenvalue weighted by atomic mass is 14.9. The van der Waals surface area contributed by atoms with Crippen LogP contribution in [0.5, 0.6) is 0 Å². The molecular formula is C17H22N2. The molecule has 1 aliphatic rings. The van der Waals surface area contributed by atoms with Gasteiger partial charge in [-0.05, 0) is 41.7 Å². The van der Waals surface area contributed by atoms with Gasteiger partial charge in [0.1, 0.15) is 0 Å². The molecular weight excluding hydrogens is 232 g/mol. The van der Waals surface area contributed by atoms with E-state index in [2.05, 4.69) is 55.3 Å². The largest absolute Gasteiger partial charge is 0.381 e. The lowest BCUT2D eigenvalue weighted by molar-refractivity contribution is 0.366. The molecule has 19 heavy (non-hydrogen) atoms. The Balaban J connectivity index is 1.90. The second-order valence-corrected chi connectivity index (χ2v) is 6.70. The SMILES string of the molecule is CC1CC(C)(C)CC1Nc1cccc2ccncc12. The average Bonchev–Trinajstić information content (AvgIpc) is 2.63. The Morgan fingerprint density at radius 2 is 2.05 bits per heavy atom. The van der Waals surface area contributed by atoms with Crippen LogP contribution in [0.2, 0.25) is 0 Å². The summed E-state index contributed by atoms with van der Waals surface area (Å²) in [7, 11) is 0. The van der Waals surface area contributed by atoms with Gasteiger partial charge >= 0.3 is 0 Å². The number of rotatable bonds is 2. The lowest BCUT2D eigenvalue weighted by Crippen LogP contribution is -2.22. The van der Waals surface area contributed by atoms with Crippen LogP contribution in [0.3, 0.4) is 0 Å². The molecule has 1 saturated carbocycles. The molecule has 100 valence electrons. The van der Waals surface area contributed by atoms with Crippen LogP contribution in [0.1, 0.15) is 33.6 Å². The van der Waals surface area contributed by atoms with Gasteiger partial charge in [0.05, 0.1) is 0 Å². The Kier molecular flexibility index (Phi) is 2.96. The molecule has 0 bridgehead atoms. The zero-order valence-corrected chi connectivity index (χ0v) is 12.0. The molecule has 0 radical (unpaired) electrons. The number of aromatic nitrogens is 1. The van der Waals surface area contributed by atoms with E-state index in [1.807, 2.05) is 12.4 Å². The van der Waals surface area contributed by atoms with Crippen LogP contribution in [-0.2, 0) is 0 Å². The molecule has 2 nitrogen and oxygen atoms in total. The molecule has 0 aliphatic heterocycles. The summed E-state index contributed by atoms with van der Waals surface area (Å²) in [5.74, 6) is 0.724. The maximum atomic E-state index is 4.26. The van der Waals surface area contributed by atoms with Gasteiger partial charge in [0.25, 0.3) is 0 Å². The number of hydrogen-bond donors (Lipinski definition) is 1. The van der Waals surface area contributed by atoms with Gasteiger partial charge in [0, 0.05) is 29.5 Å². The molecule has 2 heteroatoms. The van der Waals surface area contributed by atoms with Crippen molar-refractivity contribution in [3.63, 3.8) is 0 Å². The monoisotopic (exact) mass is 254 g/mol. The van der Waals surface area contributed by atoms with Crippen molar-refractivity contribution < 1.29 is 0 Å². The second-order valence-electron chi connectivity index (χ2n) is 6.70. The van der Waals surface area contributed by atoms with Gasteiger partial charge in [-0.25, -0.2) is 0 Å². The molecule has 1 heterocycles. The number of fused-ring (bicyclic) bond motifs is 1. The van der Waals surface area contributed by atoms with Crippen molar-refractivity contribution in [2.75, 3.05) is 5.32 Å². The first-order valence-electron chi connectivity index (χ1n) is 7.14. The van der Waals surface area contributed by atoms with E-state index in [4.69, 9.17) is 0 Å². The molecule has 0 amide bonds. The summed E-state index contributed by atoms with van der Waals surface area (Å²) in [6.45, 7) is 7.10. The van der Waals surface area contributed by atoms with Crippen LogP contribution in [-0.4, -0.2) is 11.0 Å². The Hall–Kier alpha value is -1.57. The summed E-state index contributed by atoms with van der Waals surface area (Å²) >= 11 is 0. The minimum absolute atomic E-state index is 0.458. The lowest BCUT2D eigenvalue weighted by Gasteiger charge is -2.20. The highest BCUT2D eigenvalue weighted by Crippen LogP contribution is 2.42. The van der Waals surface area contributed by atoms with Crippen molar-refractivity contribution in [3.8, 4) is 0 Å². The maximum absolute atomic E-state index is 4.26. The molecule has 2 unspecified atom stereocenters. The third-order valence-electron chi connectivity index (χ3n) is 4.36. The second kappa shape index (κ2) is 4.52. The summed E-state index contributed by atoms with van der Waals surface area (Å²) in [5.41, 5.74) is 1.68. The van der Waals surface area contributed by atoms with Crippen LogP contribution in [0, 0.1) is 11.3 Å². The Labute approximate surface area is 115 Å². The number of hydrogen-bond acceptors (Lipinski definition) is 2. The van der Waals surface area contributed by atoms with Gasteiger partial charge in [0.15, 0.2) is 0 Å². The Bertz CT molecular complexity index is 583. The fourth-order valence-electron chi connectivity index (χ4n) is 3.53. The minimum Gasteiger partial charge on any atom is -0.381 e. The van der Waals surface area contributed by atoms with Gasteiger partial charge in [-0.2, -0.15) is 0 Å². The molecule has 2 atom stereocenters. The maximum Gasteiger partial charge on any atom is 0.0437 e. The summed E-state index contributed by atoms with van der Waals surface area (Å²) in [5, 5.41) is 6.23. The third-order valence-corrected chi connectivity index (χ3v) is 4.36. The first-order chi connectivity index (χ1) is 9.05. The zero-order valence-electron chi connectivity index (χ0n) is 12.0. The van der Waals surface area contributed by atoms with Crippen molar-refractivity contribution in [1.82, 2.24) is 4.98 Å². The molecule has 1 aliphatic carbocycles. The van der Waals surface area contributed by atoms with Crippen molar-refractivity contribution >= 4 is 16.5 Å². The number of benzene rings is 1. The van der Waals surface area contributed by atoms with Crippen LogP contribution < -0.4 is 5.32 Å². The molecule has 1 aromatic carbocycles. The summed E-state index contributed by atoms with van der Waals surface area (Å²) in [4.78, 5) is 4.26. The van der Waals surface area contributed by atoms with E-state index >= 15 is 0 Å². The van der Waals surface area contributed by atoms with Crippen LogP contribution in [0.4, 0.5) is 5.69 Å². The smallest absolute Gasteiger partial charge is 0.0437 e. The molecule has 0 saturated heterocycles. The standard InChI is InChI=1S/C17H22N2/c1-12-9-17(2,3)10-16(12)19-15-6-4-5-13-7-8-18-11-14(13)15/h4-8,11-12,16,19H,9-10H2,1-3H3. The summed E-state index contributed by atoms with van der Waals surface area (Å²) in [6, 6.07) is 9.07. The first-order valence-corrected chi connectivity index (χ1v) is 7.14. The van der Waals surface area contributed by atoms with Crippen molar-refractivity contribution in [1.29, 1.82) is 0 Å². The molecule has 1 N–H and O–H groups in total. The van der Waals surface area contributed by atoms with E-state index in [-0.39, 0.29) is 0 Å². The van der Waals surface area contributed by atoms with Crippen molar-refractivity contribution in [3.05, 3.63) is 36.7 Å². The van der Waals surface area contributed by atoms with Gasteiger partial charge in [-0.3, -0.25) is 4.98 Å². The predicted octanol–water partition coefficient (Wildman–Crippen LogP) is 4.47. The molecule has 0 spiro atoms. The van der Waals surface area contributed by atoms with E-state index in [0.29, 0.717) is 11.5 Å². The van der Waals surface area contributed by atoms with Crippen LogP contribution in [0.15, 0.2) is 36.7 Å². The molecule has 1 fully saturated rings. The lowest BCUT2D eigenvalue weighted by atomic mass is 9.91. The average molecular weight is 254 g/mol. The minimum atomic E-state index is 0.458. The number of pyridine rings is 1. The van der Waals surface area contributed by atoms with Crippen molar-refractivity contribution in [2.45, 2.75) is 39.7 Å². The number of anilines is 1. The third kappa shape index (κ3) is 2.44. The highest BCUT2D eigenvalue weighted by Gasteiger charge is 2.36. The normalized spacial score (nSPS) is 25.6. The molecule has 1 aromatic heterocycles. The molecule has 3 rings (SSSR count). The van der Waals surface area contributed by atoms with Gasteiger partial charge in [-0.15, -0.1) is 0 Å². The van der Waals surface area contributed by atoms with Gasteiger partial charge in [-0.1, -0.05) is 32.9 Å². The van der Waals surface area contributed by atoms with Crippen LogP contribution >= 0.6 is 0 Å². The van der Waals surface area contributed by atoms with Crippen LogP contribution in [0.25, 0.3) is 10.8 Å². The highest BCUT2D eigenvalue weighted by molar-refractivity contribution is 5.93. The fraction of sp³-hybridized carbons (Fsp3) is 0.471. The van der Waals surface area contributed by atoms with E-state index in [9.17, 15) is 0 Å². The van der Waals surface area contributed by atoms with E-state index in [0.717, 1.165) is 5.92 Å². The van der Waals surface area contributed by atoms with Gasteiger partial charge in [0.2, 0.25) is 0 Å². The first kappa shape index (κ1) is 12.5. The van der Waals surface area contributed by atoms with E-state index < -0.39 is 0 Å². The Morgan fingerprint density at radius 3 is 2.79 bits per heavy atom. The number of nitrogens with one attached hydrogen (secondary N) is 1. The fourth-order valence-corrected chi connectivity index (χ4v) is 3.53. The predicted molar refractivity (Wildman–Crippen MR) is 81.3 cm³/mol. The summed E-state index contributed by atoms with van der Waals surface area (Å²) < 4.78 is 0. The zero-order chi connectivity index (χ0) is 13.5. The van der Waals surface area contributed by atoms with Crippen molar-refractivity contribution in [2.24, 2.45) is 11.3 Å². The quantitative estimate of drug-likeness (QED) is 0.855. The summed E-state index contributed by atoms with van der Waals surface area (Å²) in [6.07, 6.45) is 6.36.